The third-order valence-electron chi connectivity index (χ3n) is 3.47. The number of nitrogens with one attached hydrogen (secondary N) is 2. The molecule has 10 heteroatoms. The highest BCUT2D eigenvalue weighted by Crippen LogP contribution is 2.23. The lowest BCUT2D eigenvalue weighted by Gasteiger charge is -2.28. The molecule has 0 unspecified atom stereocenters. The normalized spacial score (nSPS) is 16.6. The third kappa shape index (κ3) is 3.67. The molecule has 0 aliphatic heterocycles. The van der Waals surface area contributed by atoms with Gasteiger partial charge in [-0.25, -0.2) is 13.8 Å². The summed E-state index contributed by atoms with van der Waals surface area (Å²) >= 11 is 0. The van der Waals surface area contributed by atoms with Crippen LogP contribution in [0.5, 0.6) is 0 Å². The number of aliphatic hydroxyl groups excluding tert-OH is 4. The molecule has 0 aliphatic carbocycles. The lowest BCUT2D eigenvalue weighted by atomic mass is 10.0. The van der Waals surface area contributed by atoms with Gasteiger partial charge in [-0.15, -0.1) is 0 Å². The van der Waals surface area contributed by atoms with E-state index in [-0.39, 0.29) is 16.9 Å². The highest BCUT2D eigenvalue weighted by atomic mass is 19.2. The first-order valence-corrected chi connectivity index (χ1v) is 7.01. The van der Waals surface area contributed by atoms with E-state index < -0.39 is 48.5 Å². The van der Waals surface area contributed by atoms with Gasteiger partial charge in [0.25, 0.3) is 0 Å². The van der Waals surface area contributed by atoms with Gasteiger partial charge in [0.05, 0.1) is 17.6 Å². The van der Waals surface area contributed by atoms with E-state index in [1.165, 1.54) is 0 Å². The molecule has 0 fully saturated rings. The second-order valence-corrected chi connectivity index (χ2v) is 5.31. The summed E-state index contributed by atoms with van der Waals surface area (Å²) in [6.07, 6.45) is -5.20. The van der Waals surface area contributed by atoms with Crippen molar-refractivity contribution in [1.82, 2.24) is 15.3 Å². The van der Waals surface area contributed by atoms with Crippen LogP contribution in [0, 0.1) is 11.6 Å². The predicted octanol–water partition coefficient (Wildman–Crippen LogP) is -0.907. The average Bonchev–Trinajstić information content (AvgIpc) is 2.93. The summed E-state index contributed by atoms with van der Waals surface area (Å²) in [7, 11) is 0. The minimum atomic E-state index is -1.80. The van der Waals surface area contributed by atoms with Gasteiger partial charge < -0.3 is 30.7 Å². The van der Waals surface area contributed by atoms with Crippen molar-refractivity contribution in [3.8, 4) is 0 Å². The van der Waals surface area contributed by atoms with E-state index >= 15 is 0 Å². The van der Waals surface area contributed by atoms with E-state index in [9.17, 15) is 28.9 Å². The summed E-state index contributed by atoms with van der Waals surface area (Å²) in [5.74, 6) is -2.89. The van der Waals surface area contributed by atoms with E-state index in [1.54, 1.807) is 0 Å². The Morgan fingerprint density at radius 3 is 2.46 bits per heavy atom. The van der Waals surface area contributed by atoms with Crippen LogP contribution in [-0.2, 0) is 4.79 Å². The highest BCUT2D eigenvalue weighted by Gasteiger charge is 2.34. The third-order valence-corrected chi connectivity index (χ3v) is 3.47. The molecule has 0 aliphatic rings. The van der Waals surface area contributed by atoms with Crippen LogP contribution in [0.25, 0.3) is 11.0 Å². The topological polar surface area (TPSA) is 139 Å². The van der Waals surface area contributed by atoms with E-state index in [2.05, 4.69) is 15.3 Å². The van der Waals surface area contributed by atoms with Crippen molar-refractivity contribution in [1.29, 1.82) is 0 Å². The zero-order valence-corrected chi connectivity index (χ0v) is 12.6. The Hall–Kier alpha value is -2.14. The Kier molecular flexibility index (Phi) is 5.44. The highest BCUT2D eigenvalue weighted by molar-refractivity contribution is 5.76. The number of hydrogen-bond acceptors (Lipinski definition) is 6. The Balaban J connectivity index is 2.42. The number of nitrogens with zero attached hydrogens (tertiary/aromatic N) is 1. The summed E-state index contributed by atoms with van der Waals surface area (Å²) in [4.78, 5) is 17.9. The molecule has 1 amide bonds. The number of benzene rings is 1. The predicted molar refractivity (Wildman–Crippen MR) is 77.7 cm³/mol. The summed E-state index contributed by atoms with van der Waals surface area (Å²) in [5, 5.41) is 40.6. The maximum Gasteiger partial charge on any atom is 0.217 e. The molecule has 4 atom stereocenters. The van der Waals surface area contributed by atoms with Crippen LogP contribution >= 0.6 is 0 Å². The Bertz CT molecular complexity index is 700. The van der Waals surface area contributed by atoms with E-state index in [1.807, 2.05) is 0 Å². The van der Waals surface area contributed by atoms with Crippen molar-refractivity contribution < 1.29 is 34.0 Å². The number of aliphatic hydroxyl groups is 4. The molecule has 2 rings (SSSR count). The van der Waals surface area contributed by atoms with Crippen LogP contribution in [0.2, 0.25) is 0 Å². The molecule has 1 heterocycles. The Morgan fingerprint density at radius 1 is 1.25 bits per heavy atom. The van der Waals surface area contributed by atoms with Gasteiger partial charge in [-0.3, -0.25) is 4.79 Å². The number of carbonyl (C=O) groups excluding carboxylic acids is 1. The zero-order chi connectivity index (χ0) is 18.0. The van der Waals surface area contributed by atoms with Crippen LogP contribution < -0.4 is 5.32 Å². The first-order valence-electron chi connectivity index (χ1n) is 7.01. The molecule has 132 valence electrons. The van der Waals surface area contributed by atoms with Crippen LogP contribution in [0.15, 0.2) is 12.1 Å². The second kappa shape index (κ2) is 7.18. The molecule has 2 aromatic rings. The fourth-order valence-electron chi connectivity index (χ4n) is 2.24. The number of carbonyl (C=O) groups is 1. The van der Waals surface area contributed by atoms with Crippen molar-refractivity contribution in [2.75, 3.05) is 6.61 Å². The van der Waals surface area contributed by atoms with Crippen molar-refractivity contribution in [2.45, 2.75) is 31.3 Å². The maximum atomic E-state index is 13.3. The number of H-pyrrole nitrogens is 1. The molecule has 6 N–H and O–H groups in total. The van der Waals surface area contributed by atoms with Gasteiger partial charge in [-0.2, -0.15) is 0 Å². The fourth-order valence-corrected chi connectivity index (χ4v) is 2.24. The smallest absolute Gasteiger partial charge is 0.217 e. The lowest BCUT2D eigenvalue weighted by molar-refractivity contribution is -0.123. The number of amides is 1. The summed E-state index contributed by atoms with van der Waals surface area (Å²) in [6, 6.07) is 0.385. The van der Waals surface area contributed by atoms with E-state index in [0.717, 1.165) is 19.1 Å². The van der Waals surface area contributed by atoms with Gasteiger partial charge in [0, 0.05) is 19.1 Å². The van der Waals surface area contributed by atoms with Crippen molar-refractivity contribution in [3.63, 3.8) is 0 Å². The fraction of sp³-hybridized carbons (Fsp3) is 0.429. The molecular formula is C14H17F2N3O5. The number of aromatic amines is 1. The van der Waals surface area contributed by atoms with Gasteiger partial charge >= 0.3 is 0 Å². The first kappa shape index (κ1) is 18.2. The van der Waals surface area contributed by atoms with Crippen LogP contribution in [-0.4, -0.2) is 61.2 Å². The van der Waals surface area contributed by atoms with Crippen molar-refractivity contribution in [3.05, 3.63) is 29.6 Å². The minimum absolute atomic E-state index is 0.0450. The molecular weight excluding hydrogens is 328 g/mol. The molecule has 24 heavy (non-hydrogen) atoms. The van der Waals surface area contributed by atoms with Gasteiger partial charge in [0.2, 0.25) is 5.91 Å². The first-order chi connectivity index (χ1) is 11.2. The maximum absolute atomic E-state index is 13.3. The van der Waals surface area contributed by atoms with Gasteiger partial charge in [-0.1, -0.05) is 0 Å². The Labute approximate surface area is 134 Å². The summed E-state index contributed by atoms with van der Waals surface area (Å²) in [6.45, 7) is 0.331. The molecule has 1 aromatic carbocycles. The molecule has 0 saturated heterocycles. The quantitative estimate of drug-likeness (QED) is 0.401. The van der Waals surface area contributed by atoms with Gasteiger partial charge in [0.1, 0.15) is 30.2 Å². The molecule has 0 saturated carbocycles. The number of imidazole rings is 1. The molecule has 0 spiro atoms. The lowest BCUT2D eigenvalue weighted by Crippen LogP contribution is -2.47. The van der Waals surface area contributed by atoms with Crippen LogP contribution in [0.4, 0.5) is 8.78 Å². The monoisotopic (exact) mass is 345 g/mol. The second-order valence-electron chi connectivity index (χ2n) is 5.31. The zero-order valence-electron chi connectivity index (χ0n) is 12.6. The number of aromatic nitrogens is 2. The SMILES string of the molecule is CC(=O)N[C@@H](c1nc2cc(F)c(F)cc2[nH]1)[C@@H](O)[C@@H](O)[C@H](O)CO. The van der Waals surface area contributed by atoms with Gasteiger partial charge in [-0.05, 0) is 0 Å². The standard InChI is InChI=1S/C14H17F2N3O5/c1-5(21)17-11(13(24)12(23)10(22)4-20)14-18-8-2-6(15)7(16)3-9(8)19-14/h2-3,10-13,20,22-24H,4H2,1H3,(H,17,21)(H,18,19)/t10-,11-,12+,13-/m1/s1. The summed E-state index contributed by atoms with van der Waals surface area (Å²) < 4.78 is 26.5. The number of halogens is 2. The summed E-state index contributed by atoms with van der Waals surface area (Å²) in [5.41, 5.74) is 0.160. The van der Waals surface area contributed by atoms with Crippen molar-refractivity contribution >= 4 is 16.9 Å². The molecule has 0 bridgehead atoms. The van der Waals surface area contributed by atoms with Gasteiger partial charge in [0.15, 0.2) is 11.6 Å². The average molecular weight is 345 g/mol. The molecule has 0 radical (unpaired) electrons. The van der Waals surface area contributed by atoms with Crippen molar-refractivity contribution in [2.24, 2.45) is 0 Å². The molecule has 8 nitrogen and oxygen atoms in total. The van der Waals surface area contributed by atoms with E-state index in [0.29, 0.717) is 0 Å². The van der Waals surface area contributed by atoms with Crippen LogP contribution in [0.3, 0.4) is 0 Å². The number of hydrogen-bond donors (Lipinski definition) is 6. The largest absolute Gasteiger partial charge is 0.394 e. The minimum Gasteiger partial charge on any atom is -0.394 e. The Morgan fingerprint density at radius 2 is 1.88 bits per heavy atom. The molecule has 1 aromatic heterocycles. The van der Waals surface area contributed by atoms with Crippen LogP contribution in [0.1, 0.15) is 18.8 Å². The van der Waals surface area contributed by atoms with E-state index in [4.69, 9.17) is 5.11 Å². The number of fused-ring (bicyclic) bond motifs is 1. The number of rotatable bonds is 6.